The first-order chi connectivity index (χ1) is 14.5. The van der Waals surface area contributed by atoms with Gasteiger partial charge in [-0.2, -0.15) is 0 Å². The lowest BCUT2D eigenvalue weighted by Gasteiger charge is -2.06. The zero-order valence-corrected chi connectivity index (χ0v) is 15.6. The predicted molar refractivity (Wildman–Crippen MR) is 102 cm³/mol. The van der Waals surface area contributed by atoms with Crippen LogP contribution in [0.15, 0.2) is 62.3 Å². The molecule has 1 amide bonds. The molecule has 4 rings (SSSR count). The fourth-order valence-corrected chi connectivity index (χ4v) is 2.91. The van der Waals surface area contributed by atoms with E-state index in [-0.39, 0.29) is 34.7 Å². The molecule has 0 fully saturated rings. The molecule has 152 valence electrons. The summed E-state index contributed by atoms with van der Waals surface area (Å²) in [6.45, 7) is -0.0826. The van der Waals surface area contributed by atoms with E-state index in [9.17, 15) is 18.4 Å². The molecule has 2 heterocycles. The first-order valence-corrected chi connectivity index (χ1v) is 8.76. The van der Waals surface area contributed by atoms with Gasteiger partial charge in [0.25, 0.3) is 5.91 Å². The van der Waals surface area contributed by atoms with E-state index >= 15 is 0 Å². The molecule has 7 nitrogen and oxygen atoms in total. The van der Waals surface area contributed by atoms with Crippen molar-refractivity contribution in [3.63, 3.8) is 0 Å². The summed E-state index contributed by atoms with van der Waals surface area (Å²) in [4.78, 5) is 24.7. The van der Waals surface area contributed by atoms with Crippen molar-refractivity contribution in [2.45, 2.75) is 6.54 Å². The third-order valence-corrected chi connectivity index (χ3v) is 4.37. The Morgan fingerprint density at radius 2 is 2.00 bits per heavy atom. The average Bonchev–Trinajstić information content (AvgIpc) is 3.19. The van der Waals surface area contributed by atoms with Crippen LogP contribution in [0, 0.1) is 11.6 Å². The highest BCUT2D eigenvalue weighted by atomic mass is 19.1. The number of hydrogen-bond acceptors (Lipinski definition) is 6. The molecule has 0 unspecified atom stereocenters. The van der Waals surface area contributed by atoms with Crippen LogP contribution in [0.4, 0.5) is 8.78 Å². The standard InChI is InChI=1S/C21H14F2N2O5/c1-28-17-4-2-3-11-7-15(21(27)29-19(11)17)20(26)24-10-13-9-18(30-25-13)14-6-5-12(22)8-16(14)23/h2-9H,10H2,1H3,(H,24,26). The van der Waals surface area contributed by atoms with Crippen molar-refractivity contribution in [2.75, 3.05) is 7.11 Å². The lowest BCUT2D eigenvalue weighted by Crippen LogP contribution is -2.28. The Morgan fingerprint density at radius 3 is 2.77 bits per heavy atom. The number of benzene rings is 2. The minimum absolute atomic E-state index is 0.0330. The molecular formula is C21H14F2N2O5. The van der Waals surface area contributed by atoms with Crippen LogP contribution in [-0.2, 0) is 6.54 Å². The molecule has 0 bridgehead atoms. The SMILES string of the molecule is COc1cccc2cc(C(=O)NCc3cc(-c4ccc(F)cc4F)on3)c(=O)oc12. The molecule has 9 heteroatoms. The van der Waals surface area contributed by atoms with E-state index in [0.29, 0.717) is 11.1 Å². The summed E-state index contributed by atoms with van der Waals surface area (Å²) in [7, 11) is 1.44. The molecule has 1 N–H and O–H groups in total. The number of carbonyl (C=O) groups excluding carboxylic acids is 1. The quantitative estimate of drug-likeness (QED) is 0.503. The normalized spacial score (nSPS) is 10.9. The van der Waals surface area contributed by atoms with Gasteiger partial charge in [-0.25, -0.2) is 13.6 Å². The van der Waals surface area contributed by atoms with Gasteiger partial charge in [0.05, 0.1) is 19.2 Å². The van der Waals surface area contributed by atoms with Crippen molar-refractivity contribution >= 4 is 16.9 Å². The number of hydrogen-bond donors (Lipinski definition) is 1. The Kier molecular flexibility index (Phi) is 5.01. The van der Waals surface area contributed by atoms with Crippen molar-refractivity contribution in [2.24, 2.45) is 0 Å². The Morgan fingerprint density at radius 1 is 1.17 bits per heavy atom. The topological polar surface area (TPSA) is 94.6 Å². The third-order valence-electron chi connectivity index (χ3n) is 4.37. The van der Waals surface area contributed by atoms with Crippen LogP contribution in [0.3, 0.4) is 0 Å². The van der Waals surface area contributed by atoms with E-state index < -0.39 is 23.2 Å². The molecule has 30 heavy (non-hydrogen) atoms. The number of para-hydroxylation sites is 1. The monoisotopic (exact) mass is 412 g/mol. The second kappa shape index (κ2) is 7.78. The number of aromatic nitrogens is 1. The van der Waals surface area contributed by atoms with Crippen molar-refractivity contribution in [1.29, 1.82) is 0 Å². The minimum Gasteiger partial charge on any atom is -0.493 e. The summed E-state index contributed by atoms with van der Waals surface area (Å²) >= 11 is 0. The third kappa shape index (κ3) is 3.64. The van der Waals surface area contributed by atoms with Crippen molar-refractivity contribution in [3.05, 3.63) is 81.8 Å². The highest BCUT2D eigenvalue weighted by Crippen LogP contribution is 2.25. The number of nitrogens with one attached hydrogen (secondary N) is 1. The van der Waals surface area contributed by atoms with Gasteiger partial charge in [-0.3, -0.25) is 4.79 Å². The summed E-state index contributed by atoms with van der Waals surface area (Å²) in [5.41, 5.74) is -0.452. The number of amides is 1. The Hall–Kier alpha value is -4.01. The van der Waals surface area contributed by atoms with Gasteiger partial charge in [0, 0.05) is 17.5 Å². The zero-order valence-electron chi connectivity index (χ0n) is 15.6. The highest BCUT2D eigenvalue weighted by molar-refractivity contribution is 5.97. The molecule has 0 aliphatic carbocycles. The number of halogens is 2. The van der Waals surface area contributed by atoms with E-state index in [4.69, 9.17) is 13.7 Å². The molecule has 4 aromatic rings. The summed E-state index contributed by atoms with van der Waals surface area (Å²) in [6.07, 6.45) is 0. The second-order valence-corrected chi connectivity index (χ2v) is 6.32. The van der Waals surface area contributed by atoms with Gasteiger partial charge < -0.3 is 19.0 Å². The lowest BCUT2D eigenvalue weighted by molar-refractivity contribution is 0.0946. The maximum absolute atomic E-state index is 13.9. The fourth-order valence-electron chi connectivity index (χ4n) is 2.91. The summed E-state index contributed by atoms with van der Waals surface area (Å²) < 4.78 is 42.3. The van der Waals surface area contributed by atoms with Crippen LogP contribution in [0.2, 0.25) is 0 Å². The van der Waals surface area contributed by atoms with Crippen molar-refractivity contribution in [1.82, 2.24) is 10.5 Å². The van der Waals surface area contributed by atoms with Crippen LogP contribution in [0.1, 0.15) is 16.1 Å². The number of nitrogens with zero attached hydrogens (tertiary/aromatic N) is 1. The van der Waals surface area contributed by atoms with Gasteiger partial charge in [0.1, 0.15) is 22.9 Å². The van der Waals surface area contributed by atoms with E-state index in [2.05, 4.69) is 10.5 Å². The van der Waals surface area contributed by atoms with E-state index in [1.54, 1.807) is 18.2 Å². The zero-order chi connectivity index (χ0) is 21.3. The lowest BCUT2D eigenvalue weighted by atomic mass is 10.1. The summed E-state index contributed by atoms with van der Waals surface area (Å²) in [6, 6.07) is 10.9. The van der Waals surface area contributed by atoms with E-state index in [1.165, 1.54) is 25.3 Å². The van der Waals surface area contributed by atoms with Gasteiger partial charge in [0.15, 0.2) is 17.1 Å². The highest BCUT2D eigenvalue weighted by Gasteiger charge is 2.17. The maximum Gasteiger partial charge on any atom is 0.349 e. The Bertz CT molecular complexity index is 1310. The number of carbonyl (C=O) groups is 1. The number of fused-ring (bicyclic) bond motifs is 1. The first-order valence-electron chi connectivity index (χ1n) is 8.76. The van der Waals surface area contributed by atoms with E-state index in [0.717, 1.165) is 12.1 Å². The van der Waals surface area contributed by atoms with Crippen molar-refractivity contribution < 1.29 is 27.3 Å². The van der Waals surface area contributed by atoms with Crippen LogP contribution < -0.4 is 15.7 Å². The molecule has 0 aliphatic rings. The largest absolute Gasteiger partial charge is 0.493 e. The summed E-state index contributed by atoms with van der Waals surface area (Å²) in [5, 5.41) is 6.80. The molecule has 0 saturated carbocycles. The smallest absolute Gasteiger partial charge is 0.349 e. The Labute approximate surface area is 167 Å². The molecular weight excluding hydrogens is 398 g/mol. The van der Waals surface area contributed by atoms with Gasteiger partial charge in [-0.15, -0.1) is 0 Å². The average molecular weight is 412 g/mol. The second-order valence-electron chi connectivity index (χ2n) is 6.32. The molecule has 2 aromatic carbocycles. The number of rotatable bonds is 5. The van der Waals surface area contributed by atoms with Crippen LogP contribution in [0.5, 0.6) is 5.75 Å². The van der Waals surface area contributed by atoms with E-state index in [1.807, 2.05) is 0 Å². The first kappa shape index (κ1) is 19.3. The van der Waals surface area contributed by atoms with Crippen molar-refractivity contribution in [3.8, 4) is 17.1 Å². The van der Waals surface area contributed by atoms with Gasteiger partial charge in [0.2, 0.25) is 0 Å². The van der Waals surface area contributed by atoms with Gasteiger partial charge in [-0.1, -0.05) is 17.3 Å². The molecule has 0 aliphatic heterocycles. The molecule has 0 spiro atoms. The fraction of sp³-hybridized carbons (Fsp3) is 0.0952. The maximum atomic E-state index is 13.9. The summed E-state index contributed by atoms with van der Waals surface area (Å²) in [5.74, 6) is -1.74. The molecule has 2 aromatic heterocycles. The van der Waals surface area contributed by atoms with Crippen LogP contribution in [-0.4, -0.2) is 18.2 Å². The van der Waals surface area contributed by atoms with Crippen LogP contribution in [0.25, 0.3) is 22.3 Å². The minimum atomic E-state index is -0.821. The van der Waals surface area contributed by atoms with Gasteiger partial charge in [-0.05, 0) is 24.3 Å². The molecule has 0 saturated heterocycles. The Balaban J connectivity index is 1.52. The molecule has 0 atom stereocenters. The number of ether oxygens (including phenoxy) is 1. The van der Waals surface area contributed by atoms with Gasteiger partial charge >= 0.3 is 5.63 Å². The number of methoxy groups -OCH3 is 1. The van der Waals surface area contributed by atoms with Crippen LogP contribution >= 0.6 is 0 Å². The predicted octanol–water partition coefficient (Wildman–Crippen LogP) is 3.66. The molecule has 0 radical (unpaired) electrons.